The molecular formula is C11H9ClN2OS. The molecule has 1 aromatic heterocycles. The van der Waals surface area contributed by atoms with Crippen LogP contribution in [0.2, 0.25) is 5.02 Å². The predicted molar refractivity (Wildman–Crippen MR) is 66.9 cm³/mol. The number of anilines is 1. The zero-order valence-corrected chi connectivity index (χ0v) is 10.1. The van der Waals surface area contributed by atoms with Gasteiger partial charge in [0, 0.05) is 22.9 Å². The molecule has 0 bridgehead atoms. The molecule has 0 unspecified atom stereocenters. The second-order valence-electron chi connectivity index (χ2n) is 3.26. The maximum atomic E-state index is 11.0. The zero-order chi connectivity index (χ0) is 11.5. The van der Waals surface area contributed by atoms with Gasteiger partial charge in [0.1, 0.15) is 5.69 Å². The molecule has 5 heteroatoms. The number of amides is 1. The van der Waals surface area contributed by atoms with E-state index in [9.17, 15) is 4.79 Å². The van der Waals surface area contributed by atoms with E-state index in [1.807, 2.05) is 17.5 Å². The van der Waals surface area contributed by atoms with Crippen LogP contribution in [0.25, 0.3) is 11.3 Å². The first-order valence-corrected chi connectivity index (χ1v) is 5.86. The average molecular weight is 253 g/mol. The molecule has 0 aliphatic rings. The maximum absolute atomic E-state index is 11.0. The lowest BCUT2D eigenvalue weighted by Crippen LogP contribution is -2.05. The van der Waals surface area contributed by atoms with Crippen LogP contribution in [-0.4, -0.2) is 10.3 Å². The van der Waals surface area contributed by atoms with Crippen LogP contribution in [0, 0.1) is 0 Å². The van der Waals surface area contributed by atoms with Gasteiger partial charge in [0.05, 0.1) is 5.69 Å². The molecule has 0 aliphatic heterocycles. The molecule has 1 amide bonds. The maximum Gasteiger partial charge on any atom is 0.221 e. The predicted octanol–water partition coefficient (Wildman–Crippen LogP) is 3.42. The third-order valence-electron chi connectivity index (χ3n) is 2.00. The molecule has 16 heavy (non-hydrogen) atoms. The monoisotopic (exact) mass is 252 g/mol. The van der Waals surface area contributed by atoms with Gasteiger partial charge in [0.2, 0.25) is 5.91 Å². The van der Waals surface area contributed by atoms with Gasteiger partial charge in [-0.25, -0.2) is 0 Å². The summed E-state index contributed by atoms with van der Waals surface area (Å²) in [4.78, 5) is 11.0. The van der Waals surface area contributed by atoms with Gasteiger partial charge < -0.3 is 5.32 Å². The summed E-state index contributed by atoms with van der Waals surface area (Å²) >= 11 is 7.12. The van der Waals surface area contributed by atoms with Gasteiger partial charge >= 0.3 is 0 Å². The highest BCUT2D eigenvalue weighted by Crippen LogP contribution is 2.29. The summed E-state index contributed by atoms with van der Waals surface area (Å²) < 4.78 is 4.25. The molecule has 82 valence electrons. The highest BCUT2D eigenvalue weighted by atomic mass is 35.5. The van der Waals surface area contributed by atoms with Crippen LogP contribution >= 0.6 is 23.1 Å². The number of nitrogens with one attached hydrogen (secondary N) is 1. The van der Waals surface area contributed by atoms with Crippen LogP contribution in [0.4, 0.5) is 5.69 Å². The van der Waals surface area contributed by atoms with E-state index in [2.05, 4.69) is 9.69 Å². The van der Waals surface area contributed by atoms with E-state index in [4.69, 9.17) is 11.6 Å². The summed E-state index contributed by atoms with van der Waals surface area (Å²) in [5.74, 6) is -0.101. The molecular weight excluding hydrogens is 244 g/mol. The molecule has 1 N–H and O–H groups in total. The van der Waals surface area contributed by atoms with Crippen molar-refractivity contribution in [2.24, 2.45) is 0 Å². The number of aromatic nitrogens is 1. The molecule has 0 spiro atoms. The molecule has 0 radical (unpaired) electrons. The molecule has 0 saturated carbocycles. The van der Waals surface area contributed by atoms with E-state index in [0.29, 0.717) is 5.02 Å². The summed E-state index contributed by atoms with van der Waals surface area (Å²) in [6, 6.07) is 7.35. The van der Waals surface area contributed by atoms with E-state index in [0.717, 1.165) is 16.9 Å². The lowest BCUT2D eigenvalue weighted by Gasteiger charge is -2.02. The van der Waals surface area contributed by atoms with E-state index in [-0.39, 0.29) is 5.91 Å². The summed E-state index contributed by atoms with van der Waals surface area (Å²) in [6.45, 7) is 1.48. The topological polar surface area (TPSA) is 42.0 Å². The SMILES string of the molecule is CC(=O)Nc1csnc1-c1ccc(Cl)cc1. The zero-order valence-electron chi connectivity index (χ0n) is 8.53. The van der Waals surface area contributed by atoms with E-state index in [1.54, 1.807) is 12.1 Å². The van der Waals surface area contributed by atoms with Crippen molar-refractivity contribution in [1.82, 2.24) is 4.37 Å². The van der Waals surface area contributed by atoms with Crippen LogP contribution in [-0.2, 0) is 4.79 Å². The number of hydrogen-bond donors (Lipinski definition) is 1. The number of halogens is 1. The Morgan fingerprint density at radius 2 is 2.06 bits per heavy atom. The van der Waals surface area contributed by atoms with Crippen LogP contribution in [0.15, 0.2) is 29.6 Å². The third kappa shape index (κ3) is 2.40. The Morgan fingerprint density at radius 1 is 1.38 bits per heavy atom. The second kappa shape index (κ2) is 4.63. The molecule has 1 aromatic carbocycles. The van der Waals surface area contributed by atoms with Gasteiger partial charge in [0.25, 0.3) is 0 Å². The van der Waals surface area contributed by atoms with E-state index >= 15 is 0 Å². The number of hydrogen-bond acceptors (Lipinski definition) is 3. The minimum atomic E-state index is -0.101. The van der Waals surface area contributed by atoms with Gasteiger partial charge in [-0.3, -0.25) is 4.79 Å². The van der Waals surface area contributed by atoms with Crippen molar-refractivity contribution in [2.75, 3.05) is 5.32 Å². The normalized spacial score (nSPS) is 10.1. The van der Waals surface area contributed by atoms with Crippen LogP contribution in [0.3, 0.4) is 0 Å². The standard InChI is InChI=1S/C11H9ClN2OS/c1-7(15)13-10-6-16-14-11(10)8-2-4-9(12)5-3-8/h2-6H,1H3,(H,13,15). The van der Waals surface area contributed by atoms with Crippen LogP contribution in [0.1, 0.15) is 6.92 Å². The quantitative estimate of drug-likeness (QED) is 0.890. The number of rotatable bonds is 2. The van der Waals surface area contributed by atoms with Crippen molar-refractivity contribution in [3.8, 4) is 11.3 Å². The molecule has 0 fully saturated rings. The highest BCUT2D eigenvalue weighted by molar-refractivity contribution is 7.04. The molecule has 0 saturated heterocycles. The van der Waals surface area contributed by atoms with Crippen molar-refractivity contribution in [2.45, 2.75) is 6.92 Å². The van der Waals surface area contributed by atoms with Crippen molar-refractivity contribution in [3.63, 3.8) is 0 Å². The summed E-state index contributed by atoms with van der Waals surface area (Å²) in [7, 11) is 0. The van der Waals surface area contributed by atoms with Crippen molar-refractivity contribution in [3.05, 3.63) is 34.7 Å². The summed E-state index contributed by atoms with van der Waals surface area (Å²) in [5, 5.41) is 5.23. The number of nitrogens with zero attached hydrogens (tertiary/aromatic N) is 1. The van der Waals surface area contributed by atoms with Crippen molar-refractivity contribution >= 4 is 34.7 Å². The summed E-state index contributed by atoms with van der Waals surface area (Å²) in [5.41, 5.74) is 2.45. The molecule has 3 nitrogen and oxygen atoms in total. The van der Waals surface area contributed by atoms with Gasteiger partial charge in [-0.05, 0) is 23.7 Å². The van der Waals surface area contributed by atoms with E-state index in [1.165, 1.54) is 18.5 Å². The molecule has 0 aliphatic carbocycles. The first kappa shape index (κ1) is 11.1. The molecule has 1 heterocycles. The van der Waals surface area contributed by atoms with Crippen LogP contribution < -0.4 is 5.32 Å². The summed E-state index contributed by atoms with van der Waals surface area (Å²) in [6.07, 6.45) is 0. The smallest absolute Gasteiger partial charge is 0.221 e. The van der Waals surface area contributed by atoms with Gasteiger partial charge in [-0.1, -0.05) is 23.7 Å². The van der Waals surface area contributed by atoms with Gasteiger partial charge in [-0.15, -0.1) is 0 Å². The first-order chi connectivity index (χ1) is 7.66. The fourth-order valence-electron chi connectivity index (χ4n) is 1.33. The molecule has 2 aromatic rings. The van der Waals surface area contributed by atoms with Gasteiger partial charge in [0.15, 0.2) is 0 Å². The minimum absolute atomic E-state index is 0.101. The second-order valence-corrected chi connectivity index (χ2v) is 4.33. The van der Waals surface area contributed by atoms with E-state index < -0.39 is 0 Å². The number of benzene rings is 1. The van der Waals surface area contributed by atoms with Gasteiger partial charge in [-0.2, -0.15) is 4.37 Å². The Hall–Kier alpha value is -1.39. The Labute approximate surface area is 102 Å². The minimum Gasteiger partial charge on any atom is -0.324 e. The van der Waals surface area contributed by atoms with Crippen molar-refractivity contribution in [1.29, 1.82) is 0 Å². The average Bonchev–Trinajstić information content (AvgIpc) is 2.66. The number of carbonyl (C=O) groups is 1. The first-order valence-electron chi connectivity index (χ1n) is 4.65. The lowest BCUT2D eigenvalue weighted by atomic mass is 10.1. The Kier molecular flexibility index (Phi) is 3.22. The molecule has 2 rings (SSSR count). The molecule has 0 atom stereocenters. The lowest BCUT2D eigenvalue weighted by molar-refractivity contribution is -0.114. The Bertz CT molecular complexity index is 507. The Morgan fingerprint density at radius 3 is 2.69 bits per heavy atom. The Balaban J connectivity index is 2.36. The van der Waals surface area contributed by atoms with Crippen LogP contribution in [0.5, 0.6) is 0 Å². The largest absolute Gasteiger partial charge is 0.324 e. The third-order valence-corrected chi connectivity index (χ3v) is 2.88. The fraction of sp³-hybridized carbons (Fsp3) is 0.0909. The fourth-order valence-corrected chi connectivity index (χ4v) is 2.09. The van der Waals surface area contributed by atoms with Crippen molar-refractivity contribution < 1.29 is 4.79 Å². The number of carbonyl (C=O) groups excluding carboxylic acids is 1. The highest BCUT2D eigenvalue weighted by Gasteiger charge is 2.09.